The third-order valence-electron chi connectivity index (χ3n) is 5.39. The largest absolute Gasteiger partial charge is 0.355 e. The van der Waals surface area contributed by atoms with E-state index >= 15 is 0 Å². The molecule has 0 unspecified atom stereocenters. The number of carbonyl (C=O) groups excluding carboxylic acids is 1. The highest BCUT2D eigenvalue weighted by Gasteiger charge is 2.27. The number of hydrogen-bond donors (Lipinski definition) is 0. The second-order valence-electron chi connectivity index (χ2n) is 7.44. The van der Waals surface area contributed by atoms with Crippen LogP contribution in [0.3, 0.4) is 0 Å². The van der Waals surface area contributed by atoms with Crippen molar-refractivity contribution in [1.82, 2.24) is 25.1 Å². The molecule has 30 heavy (non-hydrogen) atoms. The molecule has 154 valence electrons. The predicted octanol–water partition coefficient (Wildman–Crippen LogP) is 3.64. The lowest BCUT2D eigenvalue weighted by molar-refractivity contribution is 0.0703. The highest BCUT2D eigenvalue weighted by molar-refractivity contribution is 6.30. The molecule has 1 amide bonds. The van der Waals surface area contributed by atoms with Crippen LogP contribution in [0.15, 0.2) is 48.7 Å². The van der Waals surface area contributed by atoms with Gasteiger partial charge in [0.25, 0.3) is 5.91 Å². The van der Waals surface area contributed by atoms with Gasteiger partial charge in [-0.2, -0.15) is 5.10 Å². The smallest absolute Gasteiger partial charge is 0.272 e. The van der Waals surface area contributed by atoms with Crippen molar-refractivity contribution < 1.29 is 4.79 Å². The number of aromatic nitrogens is 4. The van der Waals surface area contributed by atoms with Gasteiger partial charge < -0.3 is 9.80 Å². The minimum atomic E-state index is -0.0892. The number of piperidine rings is 1. The zero-order chi connectivity index (χ0) is 21.1. The minimum absolute atomic E-state index is 0.0892. The fourth-order valence-electron chi connectivity index (χ4n) is 3.70. The lowest BCUT2D eigenvalue weighted by Gasteiger charge is -2.37. The van der Waals surface area contributed by atoms with E-state index < -0.39 is 0 Å². The second kappa shape index (κ2) is 8.75. The van der Waals surface area contributed by atoms with Crippen LogP contribution in [0.1, 0.15) is 29.0 Å². The van der Waals surface area contributed by atoms with Gasteiger partial charge in [0.2, 0.25) is 0 Å². The summed E-state index contributed by atoms with van der Waals surface area (Å²) in [5, 5.41) is 8.78. The number of rotatable bonds is 4. The van der Waals surface area contributed by atoms with Gasteiger partial charge in [-0.1, -0.05) is 11.6 Å². The Kier molecular flexibility index (Phi) is 5.90. The monoisotopic (exact) mass is 422 g/mol. The van der Waals surface area contributed by atoms with Gasteiger partial charge in [0.1, 0.15) is 5.69 Å². The maximum atomic E-state index is 13.2. The third-order valence-corrected chi connectivity index (χ3v) is 5.64. The molecule has 1 fully saturated rings. The fraction of sp³-hybridized carbons (Fsp3) is 0.318. The lowest BCUT2D eigenvalue weighted by atomic mass is 10.0. The summed E-state index contributed by atoms with van der Waals surface area (Å²) in [4.78, 5) is 26.2. The standard InChI is InChI=1S/C22H23ClN6O/c1-15-14-19(26-21(25-15)16-5-7-17(23)8-6-16)22(30)28(2)18-9-12-29(13-10-18)20-4-3-11-24-27-20/h3-8,11,14,18H,9-10,12-13H2,1-2H3. The van der Waals surface area contributed by atoms with Crippen LogP contribution < -0.4 is 4.90 Å². The van der Waals surface area contributed by atoms with Crippen molar-refractivity contribution in [3.8, 4) is 11.4 Å². The van der Waals surface area contributed by atoms with Crippen molar-refractivity contribution in [2.75, 3.05) is 25.0 Å². The van der Waals surface area contributed by atoms with Gasteiger partial charge in [-0.05, 0) is 62.2 Å². The Bertz CT molecular complexity index is 1020. The van der Waals surface area contributed by atoms with Crippen LogP contribution in [-0.2, 0) is 0 Å². The maximum absolute atomic E-state index is 13.2. The average molecular weight is 423 g/mol. The Morgan fingerprint density at radius 1 is 1.13 bits per heavy atom. The van der Waals surface area contributed by atoms with Crippen molar-refractivity contribution in [3.63, 3.8) is 0 Å². The molecule has 7 nitrogen and oxygen atoms in total. The first-order chi connectivity index (χ1) is 14.5. The SMILES string of the molecule is Cc1cc(C(=O)N(C)C2CCN(c3cccnn3)CC2)nc(-c2ccc(Cl)cc2)n1. The van der Waals surface area contributed by atoms with E-state index in [4.69, 9.17) is 11.6 Å². The molecule has 0 N–H and O–H groups in total. The molecule has 1 aliphatic heterocycles. The zero-order valence-electron chi connectivity index (χ0n) is 17.0. The summed E-state index contributed by atoms with van der Waals surface area (Å²) in [7, 11) is 1.85. The molecular weight excluding hydrogens is 400 g/mol. The molecule has 0 aliphatic carbocycles. The first-order valence-electron chi connectivity index (χ1n) is 9.92. The van der Waals surface area contributed by atoms with E-state index in [1.54, 1.807) is 29.3 Å². The number of halogens is 1. The van der Waals surface area contributed by atoms with Crippen molar-refractivity contribution in [2.24, 2.45) is 0 Å². The van der Waals surface area contributed by atoms with Gasteiger partial charge in [0.15, 0.2) is 11.6 Å². The number of benzene rings is 1. The summed E-state index contributed by atoms with van der Waals surface area (Å²) in [6, 6.07) is 13.0. The average Bonchev–Trinajstić information content (AvgIpc) is 2.79. The Morgan fingerprint density at radius 2 is 1.87 bits per heavy atom. The summed E-state index contributed by atoms with van der Waals surface area (Å²) < 4.78 is 0. The van der Waals surface area contributed by atoms with Gasteiger partial charge in [0.05, 0.1) is 0 Å². The molecule has 3 aromatic rings. The van der Waals surface area contributed by atoms with Gasteiger partial charge in [0, 0.05) is 48.7 Å². The van der Waals surface area contributed by atoms with E-state index in [9.17, 15) is 4.79 Å². The number of hydrogen-bond acceptors (Lipinski definition) is 6. The Labute approximate surface area is 180 Å². The van der Waals surface area contributed by atoms with E-state index in [1.165, 1.54) is 0 Å². The quantitative estimate of drug-likeness (QED) is 0.639. The fourth-order valence-corrected chi connectivity index (χ4v) is 3.82. The molecule has 4 rings (SSSR count). The summed E-state index contributed by atoms with van der Waals surface area (Å²) in [5.41, 5.74) is 1.99. The molecule has 0 bridgehead atoms. The van der Waals surface area contributed by atoms with E-state index in [1.807, 2.05) is 38.2 Å². The minimum Gasteiger partial charge on any atom is -0.355 e. The normalized spacial score (nSPS) is 14.6. The van der Waals surface area contributed by atoms with Crippen LogP contribution in [0, 0.1) is 6.92 Å². The van der Waals surface area contributed by atoms with Crippen LogP contribution in [-0.4, -0.2) is 57.2 Å². The van der Waals surface area contributed by atoms with Crippen molar-refractivity contribution in [1.29, 1.82) is 0 Å². The van der Waals surface area contributed by atoms with Crippen molar-refractivity contribution in [3.05, 3.63) is 65.1 Å². The lowest BCUT2D eigenvalue weighted by Crippen LogP contribution is -2.46. The van der Waals surface area contributed by atoms with Gasteiger partial charge in [-0.25, -0.2) is 9.97 Å². The Balaban J connectivity index is 1.47. The van der Waals surface area contributed by atoms with Crippen molar-refractivity contribution >= 4 is 23.3 Å². The molecule has 8 heteroatoms. The molecule has 0 atom stereocenters. The molecule has 1 saturated heterocycles. The van der Waals surface area contributed by atoms with Gasteiger partial charge >= 0.3 is 0 Å². The van der Waals surface area contributed by atoms with E-state index in [0.717, 1.165) is 43.0 Å². The van der Waals surface area contributed by atoms with Crippen LogP contribution in [0.25, 0.3) is 11.4 Å². The van der Waals surface area contributed by atoms with Crippen molar-refractivity contribution in [2.45, 2.75) is 25.8 Å². The van der Waals surface area contributed by atoms with Gasteiger partial charge in [-0.3, -0.25) is 4.79 Å². The van der Waals surface area contributed by atoms with E-state index in [2.05, 4.69) is 25.1 Å². The molecule has 0 radical (unpaired) electrons. The molecule has 2 aromatic heterocycles. The van der Waals surface area contributed by atoms with Crippen LogP contribution in [0.4, 0.5) is 5.82 Å². The first kappa shape index (κ1) is 20.2. The molecule has 1 aliphatic rings. The number of aryl methyl sites for hydroxylation is 1. The van der Waals surface area contributed by atoms with E-state index in [0.29, 0.717) is 16.5 Å². The second-order valence-corrected chi connectivity index (χ2v) is 7.88. The zero-order valence-corrected chi connectivity index (χ0v) is 17.8. The highest BCUT2D eigenvalue weighted by atomic mass is 35.5. The molecule has 3 heterocycles. The van der Waals surface area contributed by atoms with Crippen LogP contribution in [0.5, 0.6) is 0 Å². The summed E-state index contributed by atoms with van der Waals surface area (Å²) >= 11 is 5.98. The highest BCUT2D eigenvalue weighted by Crippen LogP contribution is 2.22. The Morgan fingerprint density at radius 3 is 2.53 bits per heavy atom. The summed E-state index contributed by atoms with van der Waals surface area (Å²) in [6.07, 6.45) is 3.41. The van der Waals surface area contributed by atoms with E-state index in [-0.39, 0.29) is 11.9 Å². The Hall–Kier alpha value is -3.06. The number of carbonyl (C=O) groups is 1. The molecular formula is C22H23ClN6O. The topological polar surface area (TPSA) is 75.1 Å². The predicted molar refractivity (Wildman–Crippen MR) is 117 cm³/mol. The number of amides is 1. The number of nitrogens with zero attached hydrogens (tertiary/aromatic N) is 6. The first-order valence-corrected chi connectivity index (χ1v) is 10.3. The summed E-state index contributed by atoms with van der Waals surface area (Å²) in [5.74, 6) is 1.32. The van der Waals surface area contributed by atoms with Crippen LogP contribution >= 0.6 is 11.6 Å². The van der Waals surface area contributed by atoms with Crippen LogP contribution in [0.2, 0.25) is 5.02 Å². The maximum Gasteiger partial charge on any atom is 0.272 e. The van der Waals surface area contributed by atoms with Gasteiger partial charge in [-0.15, -0.1) is 5.10 Å². The number of anilines is 1. The third kappa shape index (κ3) is 4.41. The molecule has 0 saturated carbocycles. The molecule has 0 spiro atoms. The summed E-state index contributed by atoms with van der Waals surface area (Å²) in [6.45, 7) is 3.54. The molecule has 1 aromatic carbocycles.